The molecule has 0 aromatic heterocycles. The highest BCUT2D eigenvalue weighted by atomic mass is 16.2. The van der Waals surface area contributed by atoms with Crippen molar-refractivity contribution in [3.63, 3.8) is 0 Å². The second kappa shape index (κ2) is 5.29. The third-order valence-electron chi connectivity index (χ3n) is 4.54. The Labute approximate surface area is 109 Å². The summed E-state index contributed by atoms with van der Waals surface area (Å²) in [5.74, 6) is -0.227. The van der Waals surface area contributed by atoms with Gasteiger partial charge < -0.3 is 10.6 Å². The average Bonchev–Trinajstić information content (AvgIpc) is 2.78. The van der Waals surface area contributed by atoms with E-state index >= 15 is 0 Å². The molecule has 0 bridgehead atoms. The van der Waals surface area contributed by atoms with Crippen molar-refractivity contribution >= 4 is 11.8 Å². The van der Waals surface area contributed by atoms with Gasteiger partial charge in [0, 0.05) is 13.0 Å². The summed E-state index contributed by atoms with van der Waals surface area (Å²) in [7, 11) is 0. The predicted molar refractivity (Wildman–Crippen MR) is 69.7 cm³/mol. The van der Waals surface area contributed by atoms with Crippen molar-refractivity contribution in [2.45, 2.75) is 64.3 Å². The largest absolute Gasteiger partial charge is 0.368 e. The van der Waals surface area contributed by atoms with Crippen molar-refractivity contribution in [3.8, 4) is 0 Å². The maximum Gasteiger partial charge on any atom is 0.240 e. The van der Waals surface area contributed by atoms with Gasteiger partial charge in [-0.1, -0.05) is 26.2 Å². The van der Waals surface area contributed by atoms with Crippen molar-refractivity contribution in [1.29, 1.82) is 0 Å². The first-order valence-electron chi connectivity index (χ1n) is 7.11. The fourth-order valence-electron chi connectivity index (χ4n) is 3.41. The minimum atomic E-state index is -0.357. The van der Waals surface area contributed by atoms with Gasteiger partial charge in [-0.15, -0.1) is 0 Å². The van der Waals surface area contributed by atoms with Crippen LogP contribution in [0.4, 0.5) is 0 Å². The molecule has 1 saturated carbocycles. The van der Waals surface area contributed by atoms with E-state index in [1.807, 2.05) is 0 Å². The fourth-order valence-corrected chi connectivity index (χ4v) is 3.41. The molecule has 1 heterocycles. The van der Waals surface area contributed by atoms with Gasteiger partial charge in [0.25, 0.3) is 0 Å². The Kier molecular flexibility index (Phi) is 3.93. The number of hydrogen-bond acceptors (Lipinski definition) is 2. The van der Waals surface area contributed by atoms with E-state index in [1.54, 1.807) is 4.90 Å². The van der Waals surface area contributed by atoms with Crippen LogP contribution in [0.3, 0.4) is 0 Å². The molecule has 102 valence electrons. The molecule has 1 aliphatic heterocycles. The molecule has 1 saturated heterocycles. The topological polar surface area (TPSA) is 63.4 Å². The fraction of sp³-hybridized carbons (Fsp3) is 0.857. The van der Waals surface area contributed by atoms with Gasteiger partial charge in [-0.25, -0.2) is 0 Å². The Hall–Kier alpha value is -1.06. The Bertz CT molecular complexity index is 335. The van der Waals surface area contributed by atoms with Crippen LogP contribution in [-0.4, -0.2) is 29.3 Å². The standard InChI is InChI=1S/C14H24N2O2/c1-14(7-3-2-4-8-14)10-12(17)16-9-5-6-11(16)13(15)18/h11H,2-10H2,1H3,(H2,15,18)/t11-/m0/s1. The number of carbonyl (C=O) groups is 2. The molecule has 1 atom stereocenters. The first-order chi connectivity index (χ1) is 8.52. The van der Waals surface area contributed by atoms with E-state index in [4.69, 9.17) is 5.73 Å². The zero-order valence-electron chi connectivity index (χ0n) is 11.3. The average molecular weight is 252 g/mol. The van der Waals surface area contributed by atoms with Crippen LogP contribution in [0.1, 0.15) is 58.3 Å². The SMILES string of the molecule is CC1(CC(=O)N2CCC[C@H]2C(N)=O)CCCCC1. The maximum atomic E-state index is 12.4. The molecule has 2 rings (SSSR count). The first kappa shape index (κ1) is 13.4. The van der Waals surface area contributed by atoms with Crippen LogP contribution < -0.4 is 5.73 Å². The Balaban J connectivity index is 1.96. The van der Waals surface area contributed by atoms with Crippen molar-refractivity contribution in [2.24, 2.45) is 11.1 Å². The Morgan fingerprint density at radius 2 is 1.89 bits per heavy atom. The number of likely N-dealkylation sites (tertiary alicyclic amines) is 1. The van der Waals surface area contributed by atoms with E-state index in [0.29, 0.717) is 13.0 Å². The summed E-state index contributed by atoms with van der Waals surface area (Å²) in [6, 6.07) is -0.357. The molecule has 0 aromatic carbocycles. The van der Waals surface area contributed by atoms with Gasteiger partial charge in [0.2, 0.25) is 11.8 Å². The third kappa shape index (κ3) is 2.85. The summed E-state index contributed by atoms with van der Waals surface area (Å²) in [5, 5.41) is 0. The van der Waals surface area contributed by atoms with Gasteiger partial charge >= 0.3 is 0 Å². The maximum absolute atomic E-state index is 12.4. The zero-order chi connectivity index (χ0) is 13.2. The van der Waals surface area contributed by atoms with Gasteiger partial charge in [0.05, 0.1) is 0 Å². The molecule has 0 aromatic rings. The molecule has 1 aliphatic carbocycles. The number of amides is 2. The molecule has 18 heavy (non-hydrogen) atoms. The summed E-state index contributed by atoms with van der Waals surface area (Å²) in [6.07, 6.45) is 8.22. The van der Waals surface area contributed by atoms with Crippen LogP contribution in [-0.2, 0) is 9.59 Å². The molecule has 2 aliphatic rings. The lowest BCUT2D eigenvalue weighted by Crippen LogP contribution is -2.45. The van der Waals surface area contributed by atoms with Gasteiger partial charge in [0.1, 0.15) is 6.04 Å². The highest BCUT2D eigenvalue weighted by Crippen LogP contribution is 2.39. The normalized spacial score (nSPS) is 27.2. The Morgan fingerprint density at radius 1 is 1.22 bits per heavy atom. The molecule has 0 spiro atoms. The quantitative estimate of drug-likeness (QED) is 0.832. The van der Waals surface area contributed by atoms with Crippen molar-refractivity contribution < 1.29 is 9.59 Å². The van der Waals surface area contributed by atoms with Gasteiger partial charge in [-0.05, 0) is 31.1 Å². The lowest BCUT2D eigenvalue weighted by Gasteiger charge is -2.35. The summed E-state index contributed by atoms with van der Waals surface area (Å²) < 4.78 is 0. The van der Waals surface area contributed by atoms with Crippen LogP contribution >= 0.6 is 0 Å². The van der Waals surface area contributed by atoms with Gasteiger partial charge in [-0.2, -0.15) is 0 Å². The molecule has 0 radical (unpaired) electrons. The van der Waals surface area contributed by atoms with Gasteiger partial charge in [0.15, 0.2) is 0 Å². The summed E-state index contributed by atoms with van der Waals surface area (Å²) >= 11 is 0. The zero-order valence-corrected chi connectivity index (χ0v) is 11.3. The molecule has 2 fully saturated rings. The van der Waals surface area contributed by atoms with E-state index in [0.717, 1.165) is 25.7 Å². The lowest BCUT2D eigenvalue weighted by molar-refractivity contribution is -0.139. The number of hydrogen-bond donors (Lipinski definition) is 1. The molecular weight excluding hydrogens is 228 g/mol. The summed E-state index contributed by atoms with van der Waals surface area (Å²) in [4.78, 5) is 25.4. The molecule has 4 nitrogen and oxygen atoms in total. The van der Waals surface area contributed by atoms with Crippen molar-refractivity contribution in [1.82, 2.24) is 4.90 Å². The van der Waals surface area contributed by atoms with Crippen LogP contribution in [0.25, 0.3) is 0 Å². The summed E-state index contributed by atoms with van der Waals surface area (Å²) in [5.41, 5.74) is 5.50. The minimum Gasteiger partial charge on any atom is -0.368 e. The number of primary amides is 1. The highest BCUT2D eigenvalue weighted by Gasteiger charge is 2.36. The summed E-state index contributed by atoms with van der Waals surface area (Å²) in [6.45, 7) is 2.90. The number of rotatable bonds is 3. The number of carbonyl (C=O) groups excluding carboxylic acids is 2. The van der Waals surface area contributed by atoms with Crippen LogP contribution in [0.15, 0.2) is 0 Å². The molecule has 2 N–H and O–H groups in total. The van der Waals surface area contributed by atoms with Crippen LogP contribution in [0.5, 0.6) is 0 Å². The molecular formula is C14H24N2O2. The van der Waals surface area contributed by atoms with E-state index in [-0.39, 0.29) is 23.3 Å². The highest BCUT2D eigenvalue weighted by molar-refractivity contribution is 5.87. The number of nitrogens with zero attached hydrogens (tertiary/aromatic N) is 1. The molecule has 4 heteroatoms. The van der Waals surface area contributed by atoms with Crippen molar-refractivity contribution in [3.05, 3.63) is 0 Å². The Morgan fingerprint density at radius 3 is 2.50 bits per heavy atom. The predicted octanol–water partition coefficient (Wildman–Crippen LogP) is 1.82. The van der Waals surface area contributed by atoms with Crippen molar-refractivity contribution in [2.75, 3.05) is 6.54 Å². The van der Waals surface area contributed by atoms with E-state index in [1.165, 1.54) is 19.3 Å². The second-order valence-electron chi connectivity index (χ2n) is 6.20. The van der Waals surface area contributed by atoms with E-state index < -0.39 is 0 Å². The smallest absolute Gasteiger partial charge is 0.240 e. The van der Waals surface area contributed by atoms with Gasteiger partial charge in [-0.3, -0.25) is 9.59 Å². The third-order valence-corrected chi connectivity index (χ3v) is 4.54. The number of nitrogens with two attached hydrogens (primary N) is 1. The van der Waals surface area contributed by atoms with E-state index in [2.05, 4.69) is 6.92 Å². The molecule has 2 amide bonds. The van der Waals surface area contributed by atoms with E-state index in [9.17, 15) is 9.59 Å². The van der Waals surface area contributed by atoms with Crippen LogP contribution in [0.2, 0.25) is 0 Å². The first-order valence-corrected chi connectivity index (χ1v) is 7.11. The van der Waals surface area contributed by atoms with Crippen LogP contribution in [0, 0.1) is 5.41 Å². The monoisotopic (exact) mass is 252 g/mol. The minimum absolute atomic E-state index is 0.126. The second-order valence-corrected chi connectivity index (χ2v) is 6.20. The molecule has 0 unspecified atom stereocenters. The lowest BCUT2D eigenvalue weighted by atomic mass is 9.73.